The Labute approximate surface area is 102 Å². The van der Waals surface area contributed by atoms with Gasteiger partial charge in [0.25, 0.3) is 5.91 Å². The number of carbonyl (C=O) groups excluding carboxylic acids is 1. The Balaban J connectivity index is 2.05. The van der Waals surface area contributed by atoms with Crippen molar-refractivity contribution in [2.24, 2.45) is 0 Å². The molecule has 1 amide bonds. The molecule has 3 heterocycles. The van der Waals surface area contributed by atoms with Crippen LogP contribution in [0.4, 0.5) is 5.69 Å². The summed E-state index contributed by atoms with van der Waals surface area (Å²) in [6.07, 6.45) is 3.75. The highest BCUT2D eigenvalue weighted by Crippen LogP contribution is 2.32. The Morgan fingerprint density at radius 2 is 2.18 bits per heavy atom. The molecule has 0 aromatic carbocycles. The predicted octanol–water partition coefficient (Wildman–Crippen LogP) is 1.51. The maximum Gasteiger partial charge on any atom is 0.266 e. The third kappa shape index (κ3) is 1.64. The number of hydrogen-bond acceptors (Lipinski definition) is 5. The third-order valence-electron chi connectivity index (χ3n) is 3.01. The molecule has 1 aliphatic heterocycles. The highest BCUT2D eigenvalue weighted by atomic mass is 32.1. The third-order valence-corrected chi connectivity index (χ3v) is 4.10. The molecule has 0 aliphatic carbocycles. The van der Waals surface area contributed by atoms with Crippen LogP contribution in [-0.4, -0.2) is 34.1 Å². The van der Waals surface area contributed by atoms with Gasteiger partial charge in [0, 0.05) is 18.5 Å². The average Bonchev–Trinajstić information content (AvgIpc) is 2.97. The van der Waals surface area contributed by atoms with Gasteiger partial charge in [-0.15, -0.1) is 16.4 Å². The summed E-state index contributed by atoms with van der Waals surface area (Å²) in [4.78, 5) is 15.4. The van der Waals surface area contributed by atoms with Crippen molar-refractivity contribution in [1.29, 1.82) is 0 Å². The lowest BCUT2D eigenvalue weighted by molar-refractivity contribution is 0.0798. The zero-order chi connectivity index (χ0) is 11.8. The zero-order valence-electron chi connectivity index (χ0n) is 9.22. The first kappa shape index (κ1) is 10.5. The molecular formula is C11H12N4OS. The maximum atomic E-state index is 12.2. The number of carbonyl (C=O) groups is 1. The molecule has 1 aliphatic rings. The summed E-state index contributed by atoms with van der Waals surface area (Å²) >= 11 is 1.33. The number of likely N-dealkylation sites (tertiary alicyclic amines) is 1. The number of fused-ring (bicyclic) bond motifs is 1. The van der Waals surface area contributed by atoms with Gasteiger partial charge < -0.3 is 10.6 Å². The van der Waals surface area contributed by atoms with E-state index in [1.54, 1.807) is 12.3 Å². The van der Waals surface area contributed by atoms with Crippen LogP contribution in [0.5, 0.6) is 0 Å². The largest absolute Gasteiger partial charge is 0.397 e. The summed E-state index contributed by atoms with van der Waals surface area (Å²) in [5, 5.41) is 8.62. The Kier molecular flexibility index (Phi) is 2.44. The molecule has 0 atom stereocenters. The molecule has 0 spiro atoms. The number of nitrogens with zero attached hydrogens (tertiary/aromatic N) is 3. The molecule has 0 radical (unpaired) electrons. The van der Waals surface area contributed by atoms with Crippen molar-refractivity contribution in [3.8, 4) is 0 Å². The van der Waals surface area contributed by atoms with Crippen LogP contribution >= 0.6 is 11.3 Å². The van der Waals surface area contributed by atoms with Crippen molar-refractivity contribution >= 4 is 33.1 Å². The molecule has 0 bridgehead atoms. The van der Waals surface area contributed by atoms with Gasteiger partial charge in [-0.05, 0) is 18.9 Å². The van der Waals surface area contributed by atoms with Crippen molar-refractivity contribution in [3.63, 3.8) is 0 Å². The van der Waals surface area contributed by atoms with E-state index < -0.39 is 0 Å². The standard InChI is InChI=1S/C11H12N4OS/c12-8-7-3-4-13-14-10(7)17-9(8)11(16)15-5-1-2-6-15/h3-4H,1-2,5-6,12H2. The molecule has 0 unspecified atom stereocenters. The van der Waals surface area contributed by atoms with E-state index in [-0.39, 0.29) is 5.91 Å². The number of anilines is 1. The molecular weight excluding hydrogens is 236 g/mol. The zero-order valence-corrected chi connectivity index (χ0v) is 10.0. The molecule has 3 rings (SSSR count). The Morgan fingerprint density at radius 1 is 1.41 bits per heavy atom. The molecule has 5 nitrogen and oxygen atoms in total. The van der Waals surface area contributed by atoms with Crippen LogP contribution in [-0.2, 0) is 0 Å². The minimum absolute atomic E-state index is 0.0306. The molecule has 2 aromatic rings. The minimum Gasteiger partial charge on any atom is -0.397 e. The van der Waals surface area contributed by atoms with Crippen LogP contribution in [0.1, 0.15) is 22.5 Å². The fourth-order valence-corrected chi connectivity index (χ4v) is 3.10. The van der Waals surface area contributed by atoms with Crippen LogP contribution < -0.4 is 5.73 Å². The van der Waals surface area contributed by atoms with Crippen molar-refractivity contribution in [2.75, 3.05) is 18.8 Å². The van der Waals surface area contributed by atoms with E-state index in [1.165, 1.54) is 11.3 Å². The summed E-state index contributed by atoms with van der Waals surface area (Å²) in [5.74, 6) is 0.0306. The second-order valence-corrected chi connectivity index (χ2v) is 5.09. The molecule has 2 N–H and O–H groups in total. The van der Waals surface area contributed by atoms with Gasteiger partial charge in [-0.25, -0.2) is 0 Å². The summed E-state index contributed by atoms with van der Waals surface area (Å²) in [6, 6.07) is 1.80. The predicted molar refractivity (Wildman–Crippen MR) is 67.0 cm³/mol. The summed E-state index contributed by atoms with van der Waals surface area (Å²) < 4.78 is 0. The quantitative estimate of drug-likeness (QED) is 0.830. The first-order valence-corrected chi connectivity index (χ1v) is 6.38. The number of thiophene rings is 1. The SMILES string of the molecule is Nc1c(C(=O)N2CCCC2)sc2nnccc12. The second kappa shape index (κ2) is 3.96. The first-order valence-electron chi connectivity index (χ1n) is 5.56. The van der Waals surface area contributed by atoms with Crippen molar-refractivity contribution in [1.82, 2.24) is 15.1 Å². The highest BCUT2D eigenvalue weighted by molar-refractivity contribution is 7.21. The summed E-state index contributed by atoms with van der Waals surface area (Å²) in [7, 11) is 0. The van der Waals surface area contributed by atoms with Crippen LogP contribution in [0.25, 0.3) is 10.2 Å². The average molecular weight is 248 g/mol. The van der Waals surface area contributed by atoms with E-state index in [0.717, 1.165) is 36.1 Å². The molecule has 88 valence electrons. The number of rotatable bonds is 1. The van der Waals surface area contributed by atoms with E-state index in [2.05, 4.69) is 10.2 Å². The van der Waals surface area contributed by atoms with Crippen LogP contribution in [0.3, 0.4) is 0 Å². The van der Waals surface area contributed by atoms with Crippen LogP contribution in [0, 0.1) is 0 Å². The van der Waals surface area contributed by atoms with Gasteiger partial charge in [0.15, 0.2) is 0 Å². The van der Waals surface area contributed by atoms with E-state index in [9.17, 15) is 4.79 Å². The molecule has 6 heteroatoms. The maximum absolute atomic E-state index is 12.2. The van der Waals surface area contributed by atoms with Crippen molar-refractivity contribution in [3.05, 3.63) is 17.1 Å². The second-order valence-electron chi connectivity index (χ2n) is 4.09. The minimum atomic E-state index is 0.0306. The van der Waals surface area contributed by atoms with Crippen LogP contribution in [0.2, 0.25) is 0 Å². The van der Waals surface area contributed by atoms with Gasteiger partial charge in [0.05, 0.1) is 11.9 Å². The van der Waals surface area contributed by atoms with Gasteiger partial charge in [0.1, 0.15) is 9.71 Å². The number of aromatic nitrogens is 2. The lowest BCUT2D eigenvalue weighted by Gasteiger charge is -2.13. The van der Waals surface area contributed by atoms with Gasteiger partial charge in [0.2, 0.25) is 0 Å². The molecule has 0 saturated carbocycles. The van der Waals surface area contributed by atoms with Crippen molar-refractivity contribution < 1.29 is 4.79 Å². The fraction of sp³-hybridized carbons (Fsp3) is 0.364. The molecule has 1 fully saturated rings. The van der Waals surface area contributed by atoms with Crippen molar-refractivity contribution in [2.45, 2.75) is 12.8 Å². The topological polar surface area (TPSA) is 72.1 Å². The van der Waals surface area contributed by atoms with E-state index in [0.29, 0.717) is 10.6 Å². The highest BCUT2D eigenvalue weighted by Gasteiger charge is 2.24. The fourth-order valence-electron chi connectivity index (χ4n) is 2.10. The van der Waals surface area contributed by atoms with Gasteiger partial charge in [-0.2, -0.15) is 5.10 Å². The summed E-state index contributed by atoms with van der Waals surface area (Å²) in [5.41, 5.74) is 6.54. The van der Waals surface area contributed by atoms with E-state index >= 15 is 0 Å². The lowest BCUT2D eigenvalue weighted by atomic mass is 10.2. The molecule has 1 saturated heterocycles. The van der Waals surface area contributed by atoms with Crippen LogP contribution in [0.15, 0.2) is 12.3 Å². The number of amides is 1. The Bertz CT molecular complexity index is 574. The summed E-state index contributed by atoms with van der Waals surface area (Å²) in [6.45, 7) is 1.66. The normalized spacial score (nSPS) is 15.6. The Hall–Kier alpha value is -1.69. The monoisotopic (exact) mass is 248 g/mol. The Morgan fingerprint density at radius 3 is 2.88 bits per heavy atom. The molecule has 2 aromatic heterocycles. The number of nitrogen functional groups attached to an aromatic ring is 1. The van der Waals surface area contributed by atoms with Gasteiger partial charge in [-0.1, -0.05) is 0 Å². The lowest BCUT2D eigenvalue weighted by Crippen LogP contribution is -2.27. The number of nitrogens with two attached hydrogens (primary N) is 1. The molecule has 17 heavy (non-hydrogen) atoms. The first-order chi connectivity index (χ1) is 8.27. The smallest absolute Gasteiger partial charge is 0.266 e. The number of hydrogen-bond donors (Lipinski definition) is 1. The van der Waals surface area contributed by atoms with E-state index in [4.69, 9.17) is 5.73 Å². The van der Waals surface area contributed by atoms with E-state index in [1.807, 2.05) is 4.90 Å². The van der Waals surface area contributed by atoms with Gasteiger partial charge >= 0.3 is 0 Å². The van der Waals surface area contributed by atoms with Gasteiger partial charge in [-0.3, -0.25) is 4.79 Å².